The van der Waals surface area contributed by atoms with E-state index in [1.165, 1.54) is 23.1 Å². The van der Waals surface area contributed by atoms with Crippen molar-refractivity contribution < 1.29 is 9.59 Å². The van der Waals surface area contributed by atoms with E-state index in [1.54, 1.807) is 24.3 Å². The van der Waals surface area contributed by atoms with Crippen LogP contribution in [0.4, 0.5) is 11.4 Å². The number of amides is 2. The molecule has 0 aliphatic carbocycles. The summed E-state index contributed by atoms with van der Waals surface area (Å²) in [6.45, 7) is 0. The predicted octanol–water partition coefficient (Wildman–Crippen LogP) is 7.78. The molecule has 1 unspecified atom stereocenters. The van der Waals surface area contributed by atoms with E-state index in [0.29, 0.717) is 26.3 Å². The second-order valence-corrected chi connectivity index (χ2v) is 9.87. The van der Waals surface area contributed by atoms with E-state index in [9.17, 15) is 9.59 Å². The van der Waals surface area contributed by atoms with E-state index in [0.717, 1.165) is 10.5 Å². The minimum absolute atomic E-state index is 0.167. The van der Waals surface area contributed by atoms with Crippen LogP contribution >= 0.6 is 46.3 Å². The zero-order valence-corrected chi connectivity index (χ0v) is 20.3. The number of thiophene rings is 1. The Balaban J connectivity index is 1.56. The highest BCUT2D eigenvalue weighted by molar-refractivity contribution is 8.00. The van der Waals surface area contributed by atoms with Gasteiger partial charge in [-0.2, -0.15) is 0 Å². The molecule has 8 heteroatoms. The topological polar surface area (TPSA) is 58.2 Å². The summed E-state index contributed by atoms with van der Waals surface area (Å²) in [5, 5.41) is 7.77. The highest BCUT2D eigenvalue weighted by atomic mass is 35.5. The van der Waals surface area contributed by atoms with E-state index in [1.807, 2.05) is 66.0 Å². The van der Waals surface area contributed by atoms with Crippen LogP contribution in [0, 0.1) is 0 Å². The Morgan fingerprint density at radius 1 is 0.848 bits per heavy atom. The lowest BCUT2D eigenvalue weighted by atomic mass is 10.1. The van der Waals surface area contributed by atoms with Crippen molar-refractivity contribution in [2.45, 2.75) is 10.1 Å². The number of carbonyl (C=O) groups is 2. The van der Waals surface area contributed by atoms with Gasteiger partial charge in [0, 0.05) is 10.6 Å². The lowest BCUT2D eigenvalue weighted by molar-refractivity contribution is -0.115. The minimum Gasteiger partial charge on any atom is -0.323 e. The van der Waals surface area contributed by atoms with Crippen molar-refractivity contribution in [1.82, 2.24) is 0 Å². The number of anilines is 2. The van der Waals surface area contributed by atoms with Gasteiger partial charge >= 0.3 is 0 Å². The van der Waals surface area contributed by atoms with Crippen molar-refractivity contribution in [2.24, 2.45) is 0 Å². The smallest absolute Gasteiger partial charge is 0.265 e. The van der Waals surface area contributed by atoms with Gasteiger partial charge in [0.2, 0.25) is 5.91 Å². The summed E-state index contributed by atoms with van der Waals surface area (Å²) in [5.74, 6) is -0.400. The number of nitrogens with one attached hydrogen (secondary N) is 2. The summed E-state index contributed by atoms with van der Waals surface area (Å²) in [7, 11) is 0. The van der Waals surface area contributed by atoms with Crippen LogP contribution in [0.25, 0.3) is 0 Å². The average Bonchev–Trinajstić information content (AvgIpc) is 3.37. The monoisotopic (exact) mass is 512 g/mol. The van der Waals surface area contributed by atoms with Crippen molar-refractivity contribution in [3.8, 4) is 0 Å². The third-order valence-corrected chi connectivity index (χ3v) is 7.58. The van der Waals surface area contributed by atoms with E-state index in [2.05, 4.69) is 10.6 Å². The first-order valence-corrected chi connectivity index (χ1v) is 12.4. The van der Waals surface area contributed by atoms with Crippen LogP contribution in [-0.2, 0) is 4.79 Å². The fraction of sp³-hybridized carbons (Fsp3) is 0.0400. The molecule has 1 aromatic heterocycles. The predicted molar refractivity (Wildman–Crippen MR) is 139 cm³/mol. The molecule has 2 amide bonds. The molecule has 0 spiro atoms. The quantitative estimate of drug-likeness (QED) is 0.248. The van der Waals surface area contributed by atoms with E-state index < -0.39 is 5.25 Å². The van der Waals surface area contributed by atoms with Gasteiger partial charge in [-0.25, -0.2) is 0 Å². The van der Waals surface area contributed by atoms with Gasteiger partial charge in [0.05, 0.1) is 20.6 Å². The second kappa shape index (κ2) is 10.9. The molecule has 33 heavy (non-hydrogen) atoms. The maximum atomic E-state index is 13.3. The first kappa shape index (κ1) is 23.4. The first-order chi connectivity index (χ1) is 16.0. The molecule has 166 valence electrons. The standard InChI is InChI=1S/C25H18Cl2N2O2S2/c26-19-11-5-12-20(22(19)27)29-25(31)23(16-7-2-1-3-8-16)33-18-10-4-9-17(15-18)28-24(30)21-13-6-14-32-21/h1-15,23H,(H,28,30)(H,29,31). The first-order valence-electron chi connectivity index (χ1n) is 9.92. The Bertz CT molecular complexity index is 1260. The third kappa shape index (κ3) is 5.97. The Kier molecular flexibility index (Phi) is 7.73. The largest absolute Gasteiger partial charge is 0.323 e. The molecule has 0 fully saturated rings. The van der Waals surface area contributed by atoms with Crippen molar-refractivity contribution in [3.63, 3.8) is 0 Å². The van der Waals surface area contributed by atoms with Crippen molar-refractivity contribution in [2.75, 3.05) is 10.6 Å². The molecule has 4 nitrogen and oxygen atoms in total. The van der Waals surface area contributed by atoms with Crippen LogP contribution in [0.3, 0.4) is 0 Å². The molecule has 1 atom stereocenters. The number of thioether (sulfide) groups is 1. The number of halogens is 2. The highest BCUT2D eigenvalue weighted by Crippen LogP contribution is 2.38. The zero-order chi connectivity index (χ0) is 23.2. The van der Waals surface area contributed by atoms with Gasteiger partial charge < -0.3 is 10.6 Å². The summed E-state index contributed by atoms with van der Waals surface area (Å²) in [6, 6.07) is 25.6. The van der Waals surface area contributed by atoms with Crippen LogP contribution in [0.5, 0.6) is 0 Å². The fourth-order valence-electron chi connectivity index (χ4n) is 3.08. The number of hydrogen-bond donors (Lipinski definition) is 2. The fourth-order valence-corrected chi connectivity index (χ4v) is 5.13. The summed E-state index contributed by atoms with van der Waals surface area (Å²) in [4.78, 5) is 27.2. The normalized spacial score (nSPS) is 11.6. The molecule has 4 aromatic rings. The number of carbonyl (C=O) groups excluding carboxylic acids is 2. The summed E-state index contributed by atoms with van der Waals surface area (Å²) in [6.07, 6.45) is 0. The third-order valence-electron chi connectivity index (χ3n) is 4.64. The molecule has 0 saturated carbocycles. The molecule has 1 heterocycles. The number of rotatable bonds is 7. The number of benzene rings is 3. The molecule has 0 aliphatic heterocycles. The number of hydrogen-bond acceptors (Lipinski definition) is 4. The van der Waals surface area contributed by atoms with Gasteiger partial charge in [0.15, 0.2) is 0 Å². The lowest BCUT2D eigenvalue weighted by Gasteiger charge is -2.18. The maximum Gasteiger partial charge on any atom is 0.265 e. The molecular weight excluding hydrogens is 495 g/mol. The molecule has 0 saturated heterocycles. The van der Waals surface area contributed by atoms with E-state index >= 15 is 0 Å². The van der Waals surface area contributed by atoms with Crippen LogP contribution in [0.15, 0.2) is 95.2 Å². The maximum absolute atomic E-state index is 13.3. The Hall–Kier alpha value is -2.77. The summed E-state index contributed by atoms with van der Waals surface area (Å²) >= 11 is 15.1. The minimum atomic E-state index is -0.551. The van der Waals surface area contributed by atoms with Gasteiger partial charge in [-0.3, -0.25) is 9.59 Å². The molecule has 4 rings (SSSR count). The lowest BCUT2D eigenvalue weighted by Crippen LogP contribution is -2.19. The van der Waals surface area contributed by atoms with Gasteiger partial charge in [0.25, 0.3) is 5.91 Å². The Labute approximate surface area is 209 Å². The van der Waals surface area contributed by atoms with Crippen molar-refractivity contribution in [3.05, 3.63) is 111 Å². The van der Waals surface area contributed by atoms with Crippen molar-refractivity contribution in [1.29, 1.82) is 0 Å². The molecule has 3 aromatic carbocycles. The molecule has 0 radical (unpaired) electrons. The Morgan fingerprint density at radius 3 is 2.39 bits per heavy atom. The zero-order valence-electron chi connectivity index (χ0n) is 17.1. The van der Waals surface area contributed by atoms with Crippen LogP contribution in [0.1, 0.15) is 20.5 Å². The van der Waals surface area contributed by atoms with Gasteiger partial charge in [-0.05, 0) is 47.3 Å². The van der Waals surface area contributed by atoms with Crippen LogP contribution in [0.2, 0.25) is 10.0 Å². The summed E-state index contributed by atoms with van der Waals surface area (Å²) in [5.41, 5.74) is 1.95. The van der Waals surface area contributed by atoms with Crippen LogP contribution < -0.4 is 10.6 Å². The molecule has 2 N–H and O–H groups in total. The van der Waals surface area contributed by atoms with E-state index in [-0.39, 0.29) is 11.8 Å². The Morgan fingerprint density at radius 2 is 1.64 bits per heavy atom. The second-order valence-electron chi connectivity index (χ2n) is 6.96. The van der Waals surface area contributed by atoms with Crippen molar-refractivity contribution >= 4 is 69.5 Å². The van der Waals surface area contributed by atoms with Gasteiger partial charge in [0.1, 0.15) is 5.25 Å². The summed E-state index contributed by atoms with van der Waals surface area (Å²) < 4.78 is 0. The van der Waals surface area contributed by atoms with Gasteiger partial charge in [-0.15, -0.1) is 23.1 Å². The molecule has 0 bridgehead atoms. The highest BCUT2D eigenvalue weighted by Gasteiger charge is 2.23. The van der Waals surface area contributed by atoms with E-state index in [4.69, 9.17) is 23.2 Å². The SMILES string of the molecule is O=C(Nc1cccc(SC(C(=O)Nc2cccc(Cl)c2Cl)c2ccccc2)c1)c1cccs1. The molecule has 0 aliphatic rings. The van der Waals surface area contributed by atoms with Crippen LogP contribution in [-0.4, -0.2) is 11.8 Å². The molecular formula is C25H18Cl2N2O2S2. The average molecular weight is 513 g/mol. The van der Waals surface area contributed by atoms with Gasteiger partial charge in [-0.1, -0.05) is 71.7 Å².